The van der Waals surface area contributed by atoms with Crippen molar-refractivity contribution in [2.45, 2.75) is 39.0 Å². The molecular weight excluding hydrogens is 1690 g/mol. The number of methoxy groups -OCH3 is 2. The molecule has 0 atom stereocenters. The monoisotopic (exact) mass is 1800 g/mol. The molecule has 0 unspecified atom stereocenters. The third kappa shape index (κ3) is 28.7. The first kappa shape index (κ1) is 97.6. The number of ether oxygens (including phenoxy) is 7. The van der Waals surface area contributed by atoms with Crippen molar-refractivity contribution >= 4 is 117 Å². The molecule has 1 aliphatic heterocycles. The van der Waals surface area contributed by atoms with Crippen molar-refractivity contribution in [2.75, 3.05) is 189 Å². The van der Waals surface area contributed by atoms with Crippen molar-refractivity contribution in [1.82, 2.24) is 88.3 Å². The lowest BCUT2D eigenvalue weighted by molar-refractivity contribution is -0.131. The summed E-state index contributed by atoms with van der Waals surface area (Å²) in [5.74, 6) is -4.75. The summed E-state index contributed by atoms with van der Waals surface area (Å²) in [6.07, 6.45) is 11.9. The first-order valence-corrected chi connectivity index (χ1v) is 41.8. The Hall–Kier alpha value is -14.6. The molecule has 0 radical (unpaired) electrons. The van der Waals surface area contributed by atoms with E-state index in [1.807, 2.05) is 36.1 Å². The van der Waals surface area contributed by atoms with E-state index < -0.39 is 59.1 Å². The fourth-order valence-corrected chi connectivity index (χ4v) is 13.5. The lowest BCUT2D eigenvalue weighted by atomic mass is 10.1. The number of carbonyl (C=O) groups excluding carboxylic acids is 13. The zero-order valence-corrected chi connectivity index (χ0v) is 74.2. The highest BCUT2D eigenvalue weighted by atomic mass is 16.6. The van der Waals surface area contributed by atoms with Crippen LogP contribution in [0.2, 0.25) is 0 Å². The van der Waals surface area contributed by atoms with E-state index in [1.165, 1.54) is 97.0 Å². The SMILES string of the molecule is COc1cccc(C(=O)N2CCN(C(=O)CN(CCOCCOCCOCCOCCOCCNC(=O)CCNC(=O)c3nc(NC(=O)c4cc(NC(=O)CCNC(=O)c5nc(NC(=O)CCCNC(=O)c6cc(NC(=O)c7nc(NC(=O)CCNC(=O)c8cc(NC(=O)c9nccn9C)cn8C)cn7C)cn6C)cn5C)cn4C)cn3C)c3cccc(C)c3)CC2)c1OC. The van der Waals surface area contributed by atoms with Gasteiger partial charge in [-0.3, -0.25) is 62.3 Å². The van der Waals surface area contributed by atoms with Gasteiger partial charge in [0.05, 0.1) is 109 Å². The Balaban J connectivity index is 0.515. The molecule has 9 aromatic rings. The van der Waals surface area contributed by atoms with Crippen molar-refractivity contribution in [3.63, 3.8) is 0 Å². The Bertz CT molecular complexity index is 5470. The van der Waals surface area contributed by atoms with Crippen LogP contribution in [0.5, 0.6) is 11.5 Å². The van der Waals surface area contributed by atoms with Gasteiger partial charge in [-0.25, -0.2) is 19.9 Å². The van der Waals surface area contributed by atoms with Gasteiger partial charge in [0.15, 0.2) is 34.8 Å². The maximum Gasteiger partial charge on any atom is 0.291 e. The van der Waals surface area contributed by atoms with Gasteiger partial charge in [0.1, 0.15) is 17.1 Å². The molecule has 0 spiro atoms. The molecule has 45 heteroatoms. The van der Waals surface area contributed by atoms with Gasteiger partial charge in [-0.05, 0) is 61.4 Å². The number of para-hydroxylation sites is 1. The Labute approximate surface area is 748 Å². The highest BCUT2D eigenvalue weighted by Crippen LogP contribution is 2.32. The van der Waals surface area contributed by atoms with Crippen molar-refractivity contribution < 1.29 is 95.5 Å². The van der Waals surface area contributed by atoms with Gasteiger partial charge in [-0.2, -0.15) is 0 Å². The second kappa shape index (κ2) is 48.4. The van der Waals surface area contributed by atoms with Crippen molar-refractivity contribution in [2.24, 2.45) is 49.3 Å². The van der Waals surface area contributed by atoms with E-state index in [9.17, 15) is 62.3 Å². The van der Waals surface area contributed by atoms with Crippen molar-refractivity contribution in [1.29, 1.82) is 0 Å². The fraction of sp³-hybridized carbons (Fsp3) is 0.424. The molecule has 13 amide bonds. The minimum atomic E-state index is -0.642. The molecule has 696 valence electrons. The molecule has 2 aromatic carbocycles. The van der Waals surface area contributed by atoms with Crippen LogP contribution in [0, 0.1) is 6.92 Å². The Morgan fingerprint density at radius 2 is 0.838 bits per heavy atom. The summed E-state index contributed by atoms with van der Waals surface area (Å²) in [6, 6.07) is 17.5. The summed E-state index contributed by atoms with van der Waals surface area (Å²) in [7, 11) is 14.2. The number of amides is 13. The van der Waals surface area contributed by atoms with E-state index >= 15 is 0 Å². The largest absolute Gasteiger partial charge is 0.493 e. The number of nitrogens with zero attached hydrogens (tertiary/aromatic N) is 14. The highest BCUT2D eigenvalue weighted by molar-refractivity contribution is 6.07. The molecule has 10 rings (SSSR count). The summed E-state index contributed by atoms with van der Waals surface area (Å²) in [5, 5.41) is 29.4. The predicted molar refractivity (Wildman–Crippen MR) is 474 cm³/mol. The number of hydrogen-bond acceptors (Lipinski definition) is 25. The topological polar surface area (TPSA) is 515 Å². The van der Waals surface area contributed by atoms with Gasteiger partial charge >= 0.3 is 0 Å². The van der Waals surface area contributed by atoms with E-state index in [1.54, 1.807) is 94.3 Å². The van der Waals surface area contributed by atoms with Gasteiger partial charge < -0.3 is 138 Å². The number of hydrogen-bond donors (Lipinski definition) is 11. The number of piperazine rings is 1. The van der Waals surface area contributed by atoms with E-state index in [4.69, 9.17) is 33.2 Å². The van der Waals surface area contributed by atoms with Crippen molar-refractivity contribution in [3.8, 4) is 11.5 Å². The molecule has 130 heavy (non-hydrogen) atoms. The fourth-order valence-electron chi connectivity index (χ4n) is 13.5. The first-order chi connectivity index (χ1) is 62.5. The molecule has 8 heterocycles. The minimum Gasteiger partial charge on any atom is -0.493 e. The Morgan fingerprint density at radius 3 is 1.35 bits per heavy atom. The van der Waals surface area contributed by atoms with Crippen molar-refractivity contribution in [3.05, 3.63) is 162 Å². The summed E-state index contributed by atoms with van der Waals surface area (Å²) in [5.41, 5.74) is 3.87. The van der Waals surface area contributed by atoms with Gasteiger partial charge in [0.25, 0.3) is 47.3 Å². The van der Waals surface area contributed by atoms with Gasteiger partial charge in [0.2, 0.25) is 47.0 Å². The maximum absolute atomic E-state index is 13.6. The number of benzene rings is 2. The van der Waals surface area contributed by atoms with E-state index in [-0.39, 0.29) is 165 Å². The number of aromatic nitrogens is 11. The van der Waals surface area contributed by atoms with Crippen LogP contribution in [0.25, 0.3) is 0 Å². The molecule has 45 nitrogen and oxygen atoms in total. The van der Waals surface area contributed by atoms with Gasteiger partial charge in [0, 0.05) is 196 Å². The average molecular weight is 1800 g/mol. The summed E-state index contributed by atoms with van der Waals surface area (Å²) in [4.78, 5) is 192. The highest BCUT2D eigenvalue weighted by Gasteiger charge is 2.30. The number of imidazole rings is 4. The third-order valence-electron chi connectivity index (χ3n) is 20.1. The first-order valence-electron chi connectivity index (χ1n) is 41.8. The summed E-state index contributed by atoms with van der Waals surface area (Å²) in [6.45, 7) is 7.74. The Morgan fingerprint density at radius 1 is 0.392 bits per heavy atom. The van der Waals surface area contributed by atoms with E-state index in [0.717, 1.165) is 11.3 Å². The lowest BCUT2D eigenvalue weighted by Crippen LogP contribution is -2.53. The van der Waals surface area contributed by atoms with Crippen LogP contribution in [0.15, 0.2) is 110 Å². The van der Waals surface area contributed by atoms with Crippen LogP contribution in [-0.4, -0.2) is 291 Å². The molecule has 7 aromatic heterocycles. The molecule has 1 saturated heterocycles. The Kier molecular flexibility index (Phi) is 36.3. The molecule has 0 aliphatic carbocycles. The second-order valence-electron chi connectivity index (χ2n) is 30.0. The smallest absolute Gasteiger partial charge is 0.291 e. The van der Waals surface area contributed by atoms with Crippen LogP contribution < -0.4 is 72.9 Å². The molecule has 0 saturated carbocycles. The molecule has 1 fully saturated rings. The minimum absolute atomic E-state index is 0.00197. The van der Waals surface area contributed by atoms with E-state index in [2.05, 4.69) is 78.4 Å². The predicted octanol–water partition coefficient (Wildman–Crippen LogP) is 2.19. The lowest BCUT2D eigenvalue weighted by Gasteiger charge is -2.36. The number of anilines is 7. The van der Waals surface area contributed by atoms with Gasteiger partial charge in [-0.1, -0.05) is 18.2 Å². The summed E-state index contributed by atoms with van der Waals surface area (Å²) < 4.78 is 49.4. The maximum atomic E-state index is 13.6. The van der Waals surface area contributed by atoms with Crippen LogP contribution >= 0.6 is 0 Å². The van der Waals surface area contributed by atoms with Crippen LogP contribution in [-0.2, 0) is 97.0 Å². The van der Waals surface area contributed by atoms with Gasteiger partial charge in [-0.15, -0.1) is 0 Å². The quantitative estimate of drug-likeness (QED) is 0.0243. The van der Waals surface area contributed by atoms with Crippen LogP contribution in [0.3, 0.4) is 0 Å². The van der Waals surface area contributed by atoms with Crippen LogP contribution in [0.4, 0.5) is 40.2 Å². The molecular formula is C85H111N25O20. The van der Waals surface area contributed by atoms with E-state index in [0.29, 0.717) is 115 Å². The number of rotatable bonds is 50. The standard InChI is InChI=1S/C85H111N25O20/c1-55-14-11-15-59(44-55)110(54-72(115)108-29-31-109(32-30-108)85(123)60-16-12-17-64(124-9)73(60)125-10)33-35-127-37-39-129-41-43-130-42-40-128-38-36-126-34-27-86-68(111)19-23-90-82(120)76-99-67(53-106(76)7)100-80(118)63-45-56(48-104(63)5)92-70(113)20-25-91-81(119)75-97-65(51-105(75)6)95-69(112)18-13-22-88-78(116)61-47-58(50-102(61)3)94-84(122)77-98-66(52-107(77)8)96-71(114)21-24-89-79(117)62-46-57(49-103(62)4)93-83(121)74-87-26-28-101(74)2/h11-12,14-17,26,28,44-53H,13,18-25,27,29-43,54H2,1-10H3,(H,86,111)(H,88,116)(H,89,117)(H,90,120)(H,91,119)(H,92,113)(H,93,121)(H,94,122)(H,95,112)(H,96,114)(H,100,118). The average Bonchev–Trinajstić information content (AvgIpc) is 0.953. The normalized spacial score (nSPS) is 11.8. The van der Waals surface area contributed by atoms with Crippen LogP contribution in [0.1, 0.15) is 122 Å². The number of carbonyl (C=O) groups is 13. The number of aryl methyl sites for hydroxylation is 8. The summed E-state index contributed by atoms with van der Waals surface area (Å²) >= 11 is 0. The molecule has 1 aliphatic rings. The zero-order chi connectivity index (χ0) is 93.3. The molecule has 0 bridgehead atoms. The zero-order valence-electron chi connectivity index (χ0n) is 74.2. The second-order valence-corrected chi connectivity index (χ2v) is 30.0. The third-order valence-corrected chi connectivity index (χ3v) is 20.1. The number of nitrogens with one attached hydrogen (secondary N) is 11. The molecule has 11 N–H and O–H groups in total.